The van der Waals surface area contributed by atoms with Crippen LogP contribution in [0, 0.1) is 17.1 Å². The van der Waals surface area contributed by atoms with Crippen LogP contribution in [0.25, 0.3) is 10.1 Å². The smallest absolute Gasteiger partial charge is 0.407 e. The van der Waals surface area contributed by atoms with Crippen LogP contribution in [0.4, 0.5) is 14.0 Å². The summed E-state index contributed by atoms with van der Waals surface area (Å²) in [5.41, 5.74) is -1.06. The van der Waals surface area contributed by atoms with Crippen LogP contribution < -0.4 is 19.9 Å². The van der Waals surface area contributed by atoms with Gasteiger partial charge in [-0.25, -0.2) is 27.0 Å². The highest BCUT2D eigenvalue weighted by Gasteiger charge is 2.27. The fraction of sp³-hybridized carbons (Fsp3) is 0.455. The molecule has 0 aliphatic rings. The monoisotopic (exact) mass is 783 g/mol. The van der Waals surface area contributed by atoms with Crippen LogP contribution in [-0.2, 0) is 35.3 Å². The standard InChI is InChI=1S/C33H43FN5O10PS2/c1-32(2,3)47-30(41)36-11-13-39(14-12-37-31(42)48-33(4,5)6)20-25(40)16-22-7-10-28-24(15-22)17-29(51-28)52(45,46)38-21-50(43,44)49-26-9-8-23(19-35)27(34)18-26/h7-10,15,17-18,38H,11-14,16,20-21H2,1-6H3,(H,36,41)(H,37,42)(H,43,44). The number of ether oxygens (including phenoxy) is 2. The van der Waals surface area contributed by atoms with Crippen molar-refractivity contribution in [3.63, 3.8) is 0 Å². The van der Waals surface area contributed by atoms with Crippen LogP contribution in [0.3, 0.4) is 0 Å². The molecule has 0 bridgehead atoms. The number of sulfonamides is 1. The van der Waals surface area contributed by atoms with E-state index in [-0.39, 0.29) is 60.4 Å². The van der Waals surface area contributed by atoms with Crippen molar-refractivity contribution in [2.75, 3.05) is 39.0 Å². The van der Waals surface area contributed by atoms with Crippen molar-refractivity contribution in [1.82, 2.24) is 20.3 Å². The van der Waals surface area contributed by atoms with Gasteiger partial charge in [-0.05, 0) is 82.8 Å². The predicted octanol–water partition coefficient (Wildman–Crippen LogP) is 4.88. The van der Waals surface area contributed by atoms with Crippen molar-refractivity contribution >= 4 is 57.0 Å². The molecule has 3 rings (SSSR count). The number of fused-ring (bicyclic) bond motifs is 1. The molecule has 0 aliphatic carbocycles. The Morgan fingerprint density at radius 2 is 1.56 bits per heavy atom. The maximum absolute atomic E-state index is 13.9. The van der Waals surface area contributed by atoms with E-state index < -0.39 is 53.1 Å². The van der Waals surface area contributed by atoms with Gasteiger partial charge >= 0.3 is 19.8 Å². The number of Topliss-reactive ketones (excluding diaryl/α,β-unsaturated/α-hetero) is 1. The summed E-state index contributed by atoms with van der Waals surface area (Å²) in [5, 5.41) is 14.7. The zero-order valence-corrected chi connectivity index (χ0v) is 32.2. The largest absolute Gasteiger partial charge is 0.444 e. The Balaban J connectivity index is 1.63. The number of carbonyl (C=O) groups is 3. The minimum Gasteiger partial charge on any atom is -0.444 e. The SMILES string of the molecule is CC(C)(C)OC(=O)NCCN(CCNC(=O)OC(C)(C)C)CC(=O)Cc1ccc2sc(S(=O)(=O)NCP(=O)(O)Oc3ccc(C#N)c(F)c3)cc2c1. The number of benzene rings is 2. The molecule has 4 N–H and O–H groups in total. The molecule has 2 amide bonds. The highest BCUT2D eigenvalue weighted by Crippen LogP contribution is 2.42. The van der Waals surface area contributed by atoms with Crippen molar-refractivity contribution in [3.05, 3.63) is 59.4 Å². The number of nitrogens with one attached hydrogen (secondary N) is 3. The summed E-state index contributed by atoms with van der Waals surface area (Å²) in [4.78, 5) is 49.3. The summed E-state index contributed by atoms with van der Waals surface area (Å²) in [6.07, 6.45) is -2.22. The van der Waals surface area contributed by atoms with Crippen LogP contribution in [0.5, 0.6) is 5.75 Å². The molecular formula is C33H43FN5O10PS2. The highest BCUT2D eigenvalue weighted by atomic mass is 32.2. The van der Waals surface area contributed by atoms with E-state index in [1.807, 2.05) is 4.72 Å². The number of hydrogen-bond donors (Lipinski definition) is 4. The van der Waals surface area contributed by atoms with Gasteiger partial charge in [0.15, 0.2) is 5.78 Å². The van der Waals surface area contributed by atoms with Gasteiger partial charge < -0.3 is 29.5 Å². The summed E-state index contributed by atoms with van der Waals surface area (Å²) in [6.45, 7) is 11.3. The van der Waals surface area contributed by atoms with Gasteiger partial charge in [0, 0.05) is 43.4 Å². The minimum absolute atomic E-state index is 0.00256. The lowest BCUT2D eigenvalue weighted by Crippen LogP contribution is -2.43. The Bertz CT molecular complexity index is 1940. The molecule has 2 aromatic carbocycles. The first-order valence-electron chi connectivity index (χ1n) is 16.0. The molecule has 3 aromatic rings. The van der Waals surface area contributed by atoms with Crippen LogP contribution in [0.2, 0.25) is 0 Å². The number of hydrogen-bond acceptors (Lipinski definition) is 12. The Morgan fingerprint density at radius 3 is 2.10 bits per heavy atom. The minimum atomic E-state index is -4.62. The van der Waals surface area contributed by atoms with E-state index in [1.54, 1.807) is 70.7 Å². The van der Waals surface area contributed by atoms with E-state index in [9.17, 15) is 36.7 Å². The molecule has 0 fully saturated rings. The van der Waals surface area contributed by atoms with Gasteiger partial charge in [0.05, 0.1) is 12.1 Å². The molecule has 19 heteroatoms. The Kier molecular flexibility index (Phi) is 14.3. The average molecular weight is 784 g/mol. The zero-order valence-electron chi connectivity index (χ0n) is 29.6. The quantitative estimate of drug-likeness (QED) is 0.143. The van der Waals surface area contributed by atoms with Crippen molar-refractivity contribution in [3.8, 4) is 11.8 Å². The number of nitrogens with zero attached hydrogens (tertiary/aromatic N) is 2. The van der Waals surface area contributed by atoms with E-state index in [4.69, 9.17) is 19.3 Å². The molecule has 284 valence electrons. The summed E-state index contributed by atoms with van der Waals surface area (Å²) < 4.78 is 70.3. The Morgan fingerprint density at radius 1 is 0.962 bits per heavy atom. The number of thiophene rings is 1. The summed E-state index contributed by atoms with van der Waals surface area (Å²) in [6, 6.07) is 10.9. The molecule has 0 saturated carbocycles. The Labute approximate surface area is 306 Å². The lowest BCUT2D eigenvalue weighted by Gasteiger charge is -2.24. The average Bonchev–Trinajstić information content (AvgIpc) is 3.43. The molecule has 1 heterocycles. The number of amides is 2. The van der Waals surface area contributed by atoms with Crippen LogP contribution in [-0.4, -0.2) is 86.4 Å². The highest BCUT2D eigenvalue weighted by molar-refractivity contribution is 7.92. The summed E-state index contributed by atoms with van der Waals surface area (Å²) in [5.74, 6) is -1.51. The lowest BCUT2D eigenvalue weighted by atomic mass is 10.1. The van der Waals surface area contributed by atoms with Crippen molar-refractivity contribution in [2.24, 2.45) is 0 Å². The third-order valence-corrected chi connectivity index (χ3v) is 10.8. The molecule has 1 unspecified atom stereocenters. The number of rotatable bonds is 16. The second-order valence-electron chi connectivity index (χ2n) is 13.6. The molecule has 15 nitrogen and oxygen atoms in total. The first-order valence-corrected chi connectivity index (χ1v) is 20.0. The zero-order chi connectivity index (χ0) is 38.9. The first kappa shape index (κ1) is 42.3. The van der Waals surface area contributed by atoms with E-state index in [0.717, 1.165) is 29.5 Å². The third kappa shape index (κ3) is 14.5. The molecule has 1 aromatic heterocycles. The normalized spacial score (nSPS) is 13.2. The van der Waals surface area contributed by atoms with Gasteiger partial charge in [0.25, 0.3) is 10.0 Å². The molecule has 52 heavy (non-hydrogen) atoms. The van der Waals surface area contributed by atoms with E-state index in [0.29, 0.717) is 15.6 Å². The third-order valence-electron chi connectivity index (χ3n) is 6.58. The van der Waals surface area contributed by atoms with Gasteiger partial charge in [0.2, 0.25) is 0 Å². The van der Waals surface area contributed by atoms with Crippen molar-refractivity contribution in [1.29, 1.82) is 5.26 Å². The fourth-order valence-electron chi connectivity index (χ4n) is 4.45. The molecule has 0 radical (unpaired) electrons. The fourth-order valence-corrected chi connectivity index (χ4v) is 8.38. The number of ketones is 1. The lowest BCUT2D eigenvalue weighted by molar-refractivity contribution is -0.119. The molecular weight excluding hydrogens is 740 g/mol. The maximum atomic E-state index is 13.9. The summed E-state index contributed by atoms with van der Waals surface area (Å²) in [7, 11) is -8.90. The number of nitriles is 1. The van der Waals surface area contributed by atoms with Crippen LogP contribution in [0.15, 0.2) is 46.7 Å². The molecule has 1 atom stereocenters. The van der Waals surface area contributed by atoms with Crippen molar-refractivity contribution < 1.29 is 50.6 Å². The maximum Gasteiger partial charge on any atom is 0.407 e. The first-order chi connectivity index (χ1) is 24.0. The number of alkyl carbamates (subject to hydrolysis) is 2. The number of carbonyl (C=O) groups excluding carboxylic acids is 3. The summed E-state index contributed by atoms with van der Waals surface area (Å²) >= 11 is 0.907. The van der Waals surface area contributed by atoms with E-state index in [2.05, 4.69) is 10.6 Å². The molecule has 0 saturated heterocycles. The van der Waals surface area contributed by atoms with Gasteiger partial charge in [-0.3, -0.25) is 9.69 Å². The van der Waals surface area contributed by atoms with E-state index >= 15 is 0 Å². The van der Waals surface area contributed by atoms with Crippen molar-refractivity contribution in [2.45, 2.75) is 63.4 Å². The second kappa shape index (κ2) is 17.6. The Hall–Kier alpha value is -4.11. The second-order valence-corrected chi connectivity index (χ2v) is 18.4. The van der Waals surface area contributed by atoms with Gasteiger partial charge in [-0.2, -0.15) is 9.98 Å². The van der Waals surface area contributed by atoms with Crippen LogP contribution in [0.1, 0.15) is 52.7 Å². The molecule has 0 aliphatic heterocycles. The van der Waals surface area contributed by atoms with E-state index in [1.165, 1.54) is 6.07 Å². The number of halogens is 1. The predicted molar refractivity (Wildman–Crippen MR) is 192 cm³/mol. The van der Waals surface area contributed by atoms with Crippen LogP contribution >= 0.6 is 18.9 Å². The van der Waals surface area contributed by atoms with Gasteiger partial charge in [-0.15, -0.1) is 11.3 Å². The van der Waals surface area contributed by atoms with Gasteiger partial charge in [-0.1, -0.05) is 6.07 Å². The molecule has 0 spiro atoms. The topological polar surface area (TPSA) is 213 Å². The van der Waals surface area contributed by atoms with Gasteiger partial charge in [0.1, 0.15) is 39.3 Å².